The smallest absolute Gasteiger partial charge is 0.267 e. The molecule has 1 aromatic carbocycles. The van der Waals surface area contributed by atoms with Crippen molar-refractivity contribution in [2.45, 2.75) is 0 Å². The summed E-state index contributed by atoms with van der Waals surface area (Å²) in [7, 11) is 1.65. The van der Waals surface area contributed by atoms with Gasteiger partial charge in [-0.15, -0.1) is 11.3 Å². The monoisotopic (exact) mass is 259 g/mol. The lowest BCUT2D eigenvalue weighted by Gasteiger charge is -2.24. The fourth-order valence-corrected chi connectivity index (χ4v) is 2.51. The first-order chi connectivity index (χ1) is 8.70. The number of rotatable bonds is 2. The quantitative estimate of drug-likeness (QED) is 0.772. The van der Waals surface area contributed by atoms with E-state index in [0.717, 1.165) is 5.01 Å². The molecule has 0 aliphatic carbocycles. The topological polar surface area (TPSA) is 53.5 Å². The second-order valence-electron chi connectivity index (χ2n) is 3.81. The lowest BCUT2D eigenvalue weighted by molar-refractivity contribution is 0.0644. The average molecular weight is 259 g/mol. The molecule has 0 bridgehead atoms. The summed E-state index contributed by atoms with van der Waals surface area (Å²) in [5.41, 5.74) is 0.872. The van der Waals surface area contributed by atoms with Crippen LogP contribution < -0.4 is 5.01 Å². The van der Waals surface area contributed by atoms with Crippen LogP contribution >= 0.6 is 11.3 Å². The molecule has 0 spiro atoms. The number of aromatic nitrogens is 1. The molecule has 2 heterocycles. The van der Waals surface area contributed by atoms with Gasteiger partial charge in [-0.05, 0) is 12.1 Å². The Morgan fingerprint density at radius 1 is 1.17 bits per heavy atom. The van der Waals surface area contributed by atoms with E-state index in [0.29, 0.717) is 16.3 Å². The van der Waals surface area contributed by atoms with Crippen molar-refractivity contribution >= 4 is 28.3 Å². The van der Waals surface area contributed by atoms with Crippen molar-refractivity contribution in [2.24, 2.45) is 0 Å². The molecular weight excluding hydrogens is 250 g/mol. The Morgan fingerprint density at radius 3 is 2.28 bits per heavy atom. The summed E-state index contributed by atoms with van der Waals surface area (Å²) in [6.45, 7) is 0. The van der Waals surface area contributed by atoms with Crippen LogP contribution in [0.15, 0.2) is 35.8 Å². The highest BCUT2D eigenvalue weighted by Gasteiger charge is 2.38. The van der Waals surface area contributed by atoms with E-state index in [1.807, 2.05) is 0 Å². The maximum atomic E-state index is 12.2. The molecule has 5 nitrogen and oxygen atoms in total. The van der Waals surface area contributed by atoms with Crippen LogP contribution in [0.2, 0.25) is 0 Å². The van der Waals surface area contributed by atoms with Gasteiger partial charge in [-0.25, -0.2) is 4.98 Å². The first-order valence-corrected chi connectivity index (χ1v) is 6.19. The molecule has 1 aliphatic rings. The van der Waals surface area contributed by atoms with Gasteiger partial charge in [-0.2, -0.15) is 5.01 Å². The third kappa shape index (κ3) is 1.42. The number of carbonyl (C=O) groups is 2. The summed E-state index contributed by atoms with van der Waals surface area (Å²) in [6.07, 6.45) is 1.63. The van der Waals surface area contributed by atoms with E-state index in [2.05, 4.69) is 4.98 Å². The molecule has 2 amide bonds. The standard InChI is InChI=1S/C12H9N3O2S/c1-14(12-13-6-7-18-12)15-10(16)8-4-2-3-5-9(8)11(15)17/h2-7H,1H3. The van der Waals surface area contributed by atoms with Crippen molar-refractivity contribution < 1.29 is 9.59 Å². The highest BCUT2D eigenvalue weighted by Crippen LogP contribution is 2.27. The minimum Gasteiger partial charge on any atom is -0.267 e. The number of amides is 2. The number of hydrazine groups is 1. The van der Waals surface area contributed by atoms with Crippen LogP contribution in [0.1, 0.15) is 20.7 Å². The van der Waals surface area contributed by atoms with Crippen molar-refractivity contribution in [2.75, 3.05) is 12.1 Å². The van der Waals surface area contributed by atoms with Crippen molar-refractivity contribution in [1.29, 1.82) is 0 Å². The number of imide groups is 1. The number of thiazole rings is 1. The van der Waals surface area contributed by atoms with E-state index >= 15 is 0 Å². The van der Waals surface area contributed by atoms with Crippen molar-refractivity contribution in [3.05, 3.63) is 47.0 Å². The van der Waals surface area contributed by atoms with Gasteiger partial charge in [0, 0.05) is 18.6 Å². The molecule has 90 valence electrons. The molecule has 6 heteroatoms. The SMILES string of the molecule is CN(c1nccs1)N1C(=O)c2ccccc2C1=O. The minimum atomic E-state index is -0.312. The van der Waals surface area contributed by atoms with E-state index in [1.165, 1.54) is 16.3 Å². The highest BCUT2D eigenvalue weighted by molar-refractivity contribution is 7.13. The molecule has 0 N–H and O–H groups in total. The zero-order valence-corrected chi connectivity index (χ0v) is 10.3. The zero-order valence-electron chi connectivity index (χ0n) is 9.53. The van der Waals surface area contributed by atoms with Crippen molar-refractivity contribution in [3.63, 3.8) is 0 Å². The number of carbonyl (C=O) groups excluding carboxylic acids is 2. The molecule has 2 aromatic rings. The molecule has 0 unspecified atom stereocenters. The molecule has 18 heavy (non-hydrogen) atoms. The summed E-state index contributed by atoms with van der Waals surface area (Å²) < 4.78 is 0. The van der Waals surface area contributed by atoms with Gasteiger partial charge in [0.25, 0.3) is 11.8 Å². The van der Waals surface area contributed by atoms with Gasteiger partial charge in [0.1, 0.15) is 0 Å². The van der Waals surface area contributed by atoms with E-state index in [1.54, 1.807) is 42.9 Å². The van der Waals surface area contributed by atoms with Gasteiger partial charge in [0.2, 0.25) is 5.13 Å². The molecular formula is C12H9N3O2S. The van der Waals surface area contributed by atoms with E-state index in [-0.39, 0.29) is 11.8 Å². The Morgan fingerprint density at radius 2 is 1.78 bits per heavy atom. The number of hydrogen-bond donors (Lipinski definition) is 0. The first-order valence-electron chi connectivity index (χ1n) is 5.31. The fourth-order valence-electron chi connectivity index (χ4n) is 1.91. The Hall–Kier alpha value is -2.21. The molecule has 1 aromatic heterocycles. The lowest BCUT2D eigenvalue weighted by atomic mass is 10.1. The second-order valence-corrected chi connectivity index (χ2v) is 4.68. The minimum absolute atomic E-state index is 0.312. The summed E-state index contributed by atoms with van der Waals surface area (Å²) in [5.74, 6) is -0.624. The Bertz CT molecular complexity index is 589. The number of nitrogens with zero attached hydrogens (tertiary/aromatic N) is 3. The molecule has 0 saturated carbocycles. The predicted octanol–water partition coefficient (Wildman–Crippen LogP) is 1.79. The third-order valence-corrected chi connectivity index (χ3v) is 3.61. The van der Waals surface area contributed by atoms with Crippen LogP contribution in [-0.4, -0.2) is 28.9 Å². The third-order valence-electron chi connectivity index (χ3n) is 2.77. The number of benzene rings is 1. The summed E-state index contributed by atoms with van der Waals surface area (Å²) >= 11 is 1.37. The largest absolute Gasteiger partial charge is 0.280 e. The molecule has 0 radical (unpaired) electrons. The Balaban J connectivity index is 2.02. The van der Waals surface area contributed by atoms with Gasteiger partial charge >= 0.3 is 0 Å². The second kappa shape index (κ2) is 3.92. The zero-order chi connectivity index (χ0) is 12.7. The van der Waals surface area contributed by atoms with Gasteiger partial charge in [-0.3, -0.25) is 14.6 Å². The highest BCUT2D eigenvalue weighted by atomic mass is 32.1. The summed E-state index contributed by atoms with van der Waals surface area (Å²) in [4.78, 5) is 28.5. The Kier molecular flexibility index (Phi) is 2.38. The Labute approximate surface area is 107 Å². The molecule has 0 saturated heterocycles. The van der Waals surface area contributed by atoms with Gasteiger partial charge in [-0.1, -0.05) is 12.1 Å². The number of anilines is 1. The molecule has 0 fully saturated rings. The van der Waals surface area contributed by atoms with E-state index < -0.39 is 0 Å². The normalized spacial score (nSPS) is 13.9. The fraction of sp³-hybridized carbons (Fsp3) is 0.0833. The number of hydrogen-bond acceptors (Lipinski definition) is 5. The van der Waals surface area contributed by atoms with Crippen LogP contribution in [0.4, 0.5) is 5.13 Å². The van der Waals surface area contributed by atoms with E-state index in [4.69, 9.17) is 0 Å². The molecule has 1 aliphatic heterocycles. The average Bonchev–Trinajstić information content (AvgIpc) is 2.99. The van der Waals surface area contributed by atoms with Crippen molar-refractivity contribution in [1.82, 2.24) is 9.99 Å². The maximum Gasteiger partial charge on any atom is 0.280 e. The van der Waals surface area contributed by atoms with Crippen LogP contribution in [0, 0.1) is 0 Å². The van der Waals surface area contributed by atoms with Crippen LogP contribution in [0.3, 0.4) is 0 Å². The van der Waals surface area contributed by atoms with Crippen LogP contribution in [0.5, 0.6) is 0 Å². The first kappa shape index (κ1) is 10.9. The van der Waals surface area contributed by atoms with Crippen LogP contribution in [-0.2, 0) is 0 Å². The van der Waals surface area contributed by atoms with Gasteiger partial charge in [0.05, 0.1) is 11.1 Å². The maximum absolute atomic E-state index is 12.2. The molecule has 3 rings (SSSR count). The lowest BCUT2D eigenvalue weighted by Crippen LogP contribution is -2.44. The predicted molar refractivity (Wildman–Crippen MR) is 67.5 cm³/mol. The van der Waals surface area contributed by atoms with Gasteiger partial charge in [0.15, 0.2) is 0 Å². The number of fused-ring (bicyclic) bond motifs is 1. The summed E-state index contributed by atoms with van der Waals surface area (Å²) in [6, 6.07) is 6.81. The van der Waals surface area contributed by atoms with Crippen LogP contribution in [0.25, 0.3) is 0 Å². The van der Waals surface area contributed by atoms with E-state index in [9.17, 15) is 9.59 Å². The van der Waals surface area contributed by atoms with Crippen molar-refractivity contribution in [3.8, 4) is 0 Å². The molecule has 0 atom stereocenters. The van der Waals surface area contributed by atoms with Gasteiger partial charge < -0.3 is 0 Å². The summed E-state index contributed by atoms with van der Waals surface area (Å²) in [5, 5.41) is 4.99.